The van der Waals surface area contributed by atoms with Crippen LogP contribution in [0.25, 0.3) is 0 Å². The van der Waals surface area contributed by atoms with Gasteiger partial charge in [-0.2, -0.15) is 0 Å². The van der Waals surface area contributed by atoms with Crippen LogP contribution in [0.1, 0.15) is 31.4 Å². The van der Waals surface area contributed by atoms with Gasteiger partial charge in [0.1, 0.15) is 11.3 Å². The number of aromatic nitrogens is 2. The maximum absolute atomic E-state index is 6.02. The van der Waals surface area contributed by atoms with E-state index in [2.05, 4.69) is 9.97 Å². The molecule has 0 bridgehead atoms. The Labute approximate surface area is 88.5 Å². The average Bonchev–Trinajstić information content (AvgIpc) is 2.68. The highest BCUT2D eigenvalue weighted by Crippen LogP contribution is 2.42. The highest BCUT2D eigenvalue weighted by molar-refractivity contribution is 6.30. The van der Waals surface area contributed by atoms with Crippen molar-refractivity contribution in [1.82, 2.24) is 9.97 Å². The number of methoxy groups -OCH3 is 1. The van der Waals surface area contributed by atoms with Crippen LogP contribution in [0, 0.1) is 0 Å². The molecule has 14 heavy (non-hydrogen) atoms. The maximum atomic E-state index is 6.02. The normalized spacial score (nSPS) is 19.9. The van der Waals surface area contributed by atoms with Crippen molar-refractivity contribution in [3.05, 3.63) is 23.2 Å². The third-order valence-electron chi connectivity index (χ3n) is 2.89. The van der Waals surface area contributed by atoms with Crippen LogP contribution in [0.3, 0.4) is 0 Å². The van der Waals surface area contributed by atoms with Gasteiger partial charge in [-0.05, 0) is 12.8 Å². The lowest BCUT2D eigenvalue weighted by molar-refractivity contribution is -0.0125. The van der Waals surface area contributed by atoms with Gasteiger partial charge in [0, 0.05) is 19.5 Å². The average molecular weight is 213 g/mol. The van der Waals surface area contributed by atoms with E-state index in [1.54, 1.807) is 19.5 Å². The van der Waals surface area contributed by atoms with Crippen molar-refractivity contribution in [1.29, 1.82) is 0 Å². The molecule has 1 aliphatic carbocycles. The van der Waals surface area contributed by atoms with Crippen LogP contribution in [0.2, 0.25) is 5.15 Å². The Morgan fingerprint density at radius 2 is 1.93 bits per heavy atom. The van der Waals surface area contributed by atoms with Gasteiger partial charge >= 0.3 is 0 Å². The number of nitrogens with zero attached hydrogens (tertiary/aromatic N) is 2. The largest absolute Gasteiger partial charge is 0.372 e. The van der Waals surface area contributed by atoms with Gasteiger partial charge < -0.3 is 4.74 Å². The maximum Gasteiger partial charge on any atom is 0.153 e. The molecule has 1 fully saturated rings. The molecule has 1 aromatic heterocycles. The Hall–Kier alpha value is -0.670. The molecule has 1 aliphatic rings. The van der Waals surface area contributed by atoms with Crippen molar-refractivity contribution in [2.24, 2.45) is 0 Å². The number of ether oxygens (including phenoxy) is 1. The molecule has 76 valence electrons. The fraction of sp³-hybridized carbons (Fsp3) is 0.600. The Kier molecular flexibility index (Phi) is 2.70. The first-order chi connectivity index (χ1) is 6.78. The molecule has 1 saturated carbocycles. The Morgan fingerprint density at radius 3 is 2.50 bits per heavy atom. The lowest BCUT2D eigenvalue weighted by atomic mass is 9.98. The second kappa shape index (κ2) is 3.83. The molecule has 0 atom stereocenters. The Morgan fingerprint density at radius 1 is 1.29 bits per heavy atom. The number of rotatable bonds is 2. The minimum Gasteiger partial charge on any atom is -0.372 e. The van der Waals surface area contributed by atoms with E-state index in [0.717, 1.165) is 18.5 Å². The molecule has 0 radical (unpaired) electrons. The van der Waals surface area contributed by atoms with Crippen LogP contribution in [-0.2, 0) is 10.3 Å². The monoisotopic (exact) mass is 212 g/mol. The second-order valence-electron chi connectivity index (χ2n) is 3.60. The van der Waals surface area contributed by atoms with Crippen molar-refractivity contribution in [2.75, 3.05) is 7.11 Å². The molecule has 1 heterocycles. The summed E-state index contributed by atoms with van der Waals surface area (Å²) in [7, 11) is 1.72. The number of hydrogen-bond donors (Lipinski definition) is 0. The summed E-state index contributed by atoms with van der Waals surface area (Å²) in [6.45, 7) is 0. The summed E-state index contributed by atoms with van der Waals surface area (Å²) in [6, 6.07) is 0. The van der Waals surface area contributed by atoms with Crippen LogP contribution >= 0.6 is 11.6 Å². The minimum atomic E-state index is -0.286. The third kappa shape index (κ3) is 1.51. The summed E-state index contributed by atoms with van der Waals surface area (Å²) >= 11 is 6.02. The van der Waals surface area contributed by atoms with Crippen LogP contribution in [0.4, 0.5) is 0 Å². The van der Waals surface area contributed by atoms with Gasteiger partial charge in [-0.3, -0.25) is 4.98 Å². The number of hydrogen-bond acceptors (Lipinski definition) is 3. The van der Waals surface area contributed by atoms with E-state index in [4.69, 9.17) is 16.3 Å². The minimum absolute atomic E-state index is 0.286. The molecule has 0 aliphatic heterocycles. The lowest BCUT2D eigenvalue weighted by Crippen LogP contribution is -2.26. The van der Waals surface area contributed by atoms with E-state index >= 15 is 0 Å². The SMILES string of the molecule is COC1(c2nccnc2Cl)CCCC1. The van der Waals surface area contributed by atoms with Crippen molar-refractivity contribution in [3.8, 4) is 0 Å². The van der Waals surface area contributed by atoms with Crippen LogP contribution < -0.4 is 0 Å². The Balaban J connectivity index is 2.41. The molecule has 0 amide bonds. The van der Waals surface area contributed by atoms with E-state index in [1.807, 2.05) is 0 Å². The second-order valence-corrected chi connectivity index (χ2v) is 3.96. The van der Waals surface area contributed by atoms with Gasteiger partial charge in [-0.25, -0.2) is 4.98 Å². The van der Waals surface area contributed by atoms with Gasteiger partial charge in [0.15, 0.2) is 5.15 Å². The first kappa shape index (κ1) is 9.87. The van der Waals surface area contributed by atoms with Gasteiger partial charge in [-0.15, -0.1) is 0 Å². The fourth-order valence-corrected chi connectivity index (χ4v) is 2.39. The summed E-state index contributed by atoms with van der Waals surface area (Å²) in [6.07, 6.45) is 7.58. The molecule has 4 heteroatoms. The molecule has 0 aromatic carbocycles. The molecule has 1 aromatic rings. The molecule has 0 saturated heterocycles. The molecule has 2 rings (SSSR count). The van der Waals surface area contributed by atoms with E-state index in [0.29, 0.717) is 5.15 Å². The van der Waals surface area contributed by atoms with Crippen molar-refractivity contribution >= 4 is 11.6 Å². The van der Waals surface area contributed by atoms with Crippen LogP contribution in [-0.4, -0.2) is 17.1 Å². The quantitative estimate of drug-likeness (QED) is 0.756. The number of halogens is 1. The van der Waals surface area contributed by atoms with E-state index in [9.17, 15) is 0 Å². The van der Waals surface area contributed by atoms with Gasteiger partial charge in [0.25, 0.3) is 0 Å². The highest BCUT2D eigenvalue weighted by atomic mass is 35.5. The van der Waals surface area contributed by atoms with Gasteiger partial charge in [0.05, 0.1) is 0 Å². The van der Waals surface area contributed by atoms with Crippen molar-refractivity contribution in [2.45, 2.75) is 31.3 Å². The standard InChI is InChI=1S/C10H13ClN2O/c1-14-10(4-2-3-5-10)8-9(11)13-7-6-12-8/h6-7H,2-5H2,1H3. The smallest absolute Gasteiger partial charge is 0.153 e. The zero-order valence-electron chi connectivity index (χ0n) is 8.16. The predicted octanol–water partition coefficient (Wildman–Crippen LogP) is 2.55. The van der Waals surface area contributed by atoms with Crippen molar-refractivity contribution < 1.29 is 4.74 Å². The molecular formula is C10H13ClN2O. The predicted molar refractivity (Wildman–Crippen MR) is 54.2 cm³/mol. The fourth-order valence-electron chi connectivity index (χ4n) is 2.11. The van der Waals surface area contributed by atoms with Crippen molar-refractivity contribution in [3.63, 3.8) is 0 Å². The lowest BCUT2D eigenvalue weighted by Gasteiger charge is -2.26. The summed E-state index contributed by atoms with van der Waals surface area (Å²) in [5, 5.41) is 0.469. The van der Waals surface area contributed by atoms with E-state index in [1.165, 1.54) is 12.8 Å². The third-order valence-corrected chi connectivity index (χ3v) is 3.16. The first-order valence-corrected chi connectivity index (χ1v) is 5.18. The highest BCUT2D eigenvalue weighted by Gasteiger charge is 2.38. The van der Waals surface area contributed by atoms with E-state index in [-0.39, 0.29) is 5.60 Å². The first-order valence-electron chi connectivity index (χ1n) is 4.81. The molecule has 3 nitrogen and oxygen atoms in total. The topological polar surface area (TPSA) is 35.0 Å². The molecule has 0 unspecified atom stereocenters. The van der Waals surface area contributed by atoms with E-state index < -0.39 is 0 Å². The summed E-state index contributed by atoms with van der Waals surface area (Å²) < 4.78 is 5.58. The van der Waals surface area contributed by atoms with Crippen LogP contribution in [0.5, 0.6) is 0 Å². The Bertz CT molecular complexity index is 324. The molecular weight excluding hydrogens is 200 g/mol. The zero-order valence-corrected chi connectivity index (χ0v) is 8.92. The molecule has 0 N–H and O–H groups in total. The van der Waals surface area contributed by atoms with Crippen LogP contribution in [0.15, 0.2) is 12.4 Å². The zero-order chi connectivity index (χ0) is 10.0. The summed E-state index contributed by atoms with van der Waals surface area (Å²) in [5.41, 5.74) is 0.507. The van der Waals surface area contributed by atoms with Gasteiger partial charge in [-0.1, -0.05) is 24.4 Å². The summed E-state index contributed by atoms with van der Waals surface area (Å²) in [5.74, 6) is 0. The van der Waals surface area contributed by atoms with Gasteiger partial charge in [0.2, 0.25) is 0 Å². The summed E-state index contributed by atoms with van der Waals surface area (Å²) in [4.78, 5) is 8.32. The molecule has 0 spiro atoms.